The van der Waals surface area contributed by atoms with Gasteiger partial charge in [-0.05, 0) is 18.2 Å². The smallest absolute Gasteiger partial charge is 0.287 e. The highest BCUT2D eigenvalue weighted by Crippen LogP contribution is 2.11. The maximum absolute atomic E-state index is 12.2. The minimum Gasteiger partial charge on any atom is -0.454 e. The van der Waals surface area contributed by atoms with Gasteiger partial charge in [-0.15, -0.1) is 12.4 Å². The summed E-state index contributed by atoms with van der Waals surface area (Å²) in [5.41, 5.74) is 0. The molecule has 7 nitrogen and oxygen atoms in total. The van der Waals surface area contributed by atoms with Gasteiger partial charge in [-0.3, -0.25) is 9.48 Å². The maximum atomic E-state index is 12.2. The first-order valence-corrected chi connectivity index (χ1v) is 6.87. The first-order valence-electron chi connectivity index (χ1n) is 6.87. The van der Waals surface area contributed by atoms with Crippen molar-refractivity contribution in [2.75, 3.05) is 20.2 Å². The summed E-state index contributed by atoms with van der Waals surface area (Å²) < 4.78 is 12.6. The van der Waals surface area contributed by atoms with Gasteiger partial charge in [-0.1, -0.05) is 0 Å². The van der Waals surface area contributed by atoms with Gasteiger partial charge in [0.25, 0.3) is 5.91 Å². The van der Waals surface area contributed by atoms with Crippen molar-refractivity contribution in [3.63, 3.8) is 0 Å². The van der Waals surface area contributed by atoms with E-state index in [9.17, 15) is 4.79 Å². The van der Waals surface area contributed by atoms with E-state index < -0.39 is 0 Å². The fourth-order valence-electron chi connectivity index (χ4n) is 2.42. The van der Waals surface area contributed by atoms with Gasteiger partial charge < -0.3 is 19.8 Å². The normalized spacial score (nSPS) is 20.6. The summed E-state index contributed by atoms with van der Waals surface area (Å²) in [5, 5.41) is 10.2. The first-order chi connectivity index (χ1) is 10.3. The van der Waals surface area contributed by atoms with E-state index in [2.05, 4.69) is 15.7 Å². The largest absolute Gasteiger partial charge is 0.454 e. The molecule has 2 aromatic heterocycles. The quantitative estimate of drug-likeness (QED) is 0.843. The second-order valence-corrected chi connectivity index (χ2v) is 4.98. The fourth-order valence-corrected chi connectivity index (χ4v) is 2.42. The van der Waals surface area contributed by atoms with Crippen LogP contribution in [0.3, 0.4) is 0 Å². The van der Waals surface area contributed by atoms with Crippen molar-refractivity contribution in [3.05, 3.63) is 42.1 Å². The Morgan fingerprint density at radius 2 is 2.41 bits per heavy atom. The topological polar surface area (TPSA) is 81.3 Å². The maximum Gasteiger partial charge on any atom is 0.287 e. The highest BCUT2D eigenvalue weighted by molar-refractivity contribution is 5.91. The summed E-state index contributed by atoms with van der Waals surface area (Å²) in [6, 6.07) is 5.27. The minimum absolute atomic E-state index is 0. The van der Waals surface area contributed by atoms with Gasteiger partial charge >= 0.3 is 0 Å². The van der Waals surface area contributed by atoms with Crippen molar-refractivity contribution in [1.82, 2.24) is 20.4 Å². The lowest BCUT2D eigenvalue weighted by Crippen LogP contribution is -2.43. The third-order valence-electron chi connectivity index (χ3n) is 3.54. The van der Waals surface area contributed by atoms with Crippen LogP contribution < -0.4 is 10.6 Å². The van der Waals surface area contributed by atoms with Crippen LogP contribution in [0.5, 0.6) is 0 Å². The summed E-state index contributed by atoms with van der Waals surface area (Å²) in [4.78, 5) is 12.2. The molecule has 1 fully saturated rings. The van der Waals surface area contributed by atoms with Crippen LogP contribution in [-0.2, 0) is 11.3 Å². The average molecular weight is 327 g/mol. The van der Waals surface area contributed by atoms with Crippen LogP contribution in [0.1, 0.15) is 16.3 Å². The molecule has 0 saturated carbocycles. The number of rotatable bonds is 5. The van der Waals surface area contributed by atoms with Gasteiger partial charge in [0.1, 0.15) is 5.76 Å². The van der Waals surface area contributed by atoms with E-state index in [4.69, 9.17) is 9.15 Å². The number of hydrogen-bond donors (Lipinski definition) is 2. The van der Waals surface area contributed by atoms with E-state index in [1.807, 2.05) is 12.3 Å². The molecular weight excluding hydrogens is 308 g/mol. The van der Waals surface area contributed by atoms with Crippen LogP contribution >= 0.6 is 12.4 Å². The number of ether oxygens (including phenoxy) is 1. The second kappa shape index (κ2) is 7.44. The van der Waals surface area contributed by atoms with Crippen molar-refractivity contribution in [2.24, 2.45) is 0 Å². The van der Waals surface area contributed by atoms with Gasteiger partial charge in [0.05, 0.1) is 18.7 Å². The Balaban J connectivity index is 0.00000176. The van der Waals surface area contributed by atoms with Gasteiger partial charge in [0, 0.05) is 32.6 Å². The Kier molecular flexibility index (Phi) is 5.59. The molecule has 1 amide bonds. The molecule has 120 valence electrons. The molecule has 22 heavy (non-hydrogen) atoms. The number of halogens is 1. The molecule has 2 aromatic rings. The van der Waals surface area contributed by atoms with Crippen molar-refractivity contribution in [3.8, 4) is 0 Å². The summed E-state index contributed by atoms with van der Waals surface area (Å²) >= 11 is 0. The van der Waals surface area contributed by atoms with Crippen molar-refractivity contribution < 1.29 is 13.9 Å². The lowest BCUT2D eigenvalue weighted by Gasteiger charge is -2.17. The third kappa shape index (κ3) is 3.68. The average Bonchev–Trinajstić information content (AvgIpc) is 3.20. The Hall–Kier alpha value is -1.83. The number of methoxy groups -OCH3 is 1. The van der Waals surface area contributed by atoms with Crippen LogP contribution in [-0.4, -0.2) is 48.0 Å². The third-order valence-corrected chi connectivity index (χ3v) is 3.54. The molecule has 2 atom stereocenters. The lowest BCUT2D eigenvalue weighted by atomic mass is 10.2. The van der Waals surface area contributed by atoms with Crippen molar-refractivity contribution >= 4 is 18.3 Å². The Morgan fingerprint density at radius 1 is 1.55 bits per heavy atom. The number of carbonyl (C=O) groups excluding carboxylic acids is 1. The molecule has 0 aliphatic carbocycles. The molecular formula is C14H19ClN4O3. The first kappa shape index (κ1) is 16.5. The Morgan fingerprint density at radius 3 is 3.14 bits per heavy atom. The van der Waals surface area contributed by atoms with Crippen molar-refractivity contribution in [2.45, 2.75) is 18.7 Å². The zero-order chi connectivity index (χ0) is 14.7. The van der Waals surface area contributed by atoms with Gasteiger partial charge in [-0.25, -0.2) is 0 Å². The van der Waals surface area contributed by atoms with E-state index in [1.54, 1.807) is 30.1 Å². The molecule has 8 heteroatoms. The number of amides is 1. The minimum atomic E-state index is -0.225. The molecule has 0 radical (unpaired) electrons. The van der Waals surface area contributed by atoms with E-state index in [0.29, 0.717) is 24.6 Å². The van der Waals surface area contributed by atoms with E-state index in [1.165, 1.54) is 0 Å². The standard InChI is InChI=1S/C14H18N4O3.ClH/c1-20-13-8-15-7-11(13)17-14(19)12-4-3-10(21-12)9-18-6-2-5-16-18;/h2-6,11,13,15H,7-9H2,1H3,(H,17,19);1H/t11-,13-;/m0./s1. The zero-order valence-electron chi connectivity index (χ0n) is 12.2. The molecule has 1 saturated heterocycles. The molecule has 0 bridgehead atoms. The molecule has 2 N–H and O–H groups in total. The number of carbonyl (C=O) groups is 1. The van der Waals surface area contributed by atoms with Gasteiger partial charge in [-0.2, -0.15) is 5.10 Å². The molecule has 0 aromatic carbocycles. The predicted octanol–water partition coefficient (Wildman–Crippen LogP) is 0.663. The van der Waals surface area contributed by atoms with Crippen molar-refractivity contribution in [1.29, 1.82) is 0 Å². The summed E-state index contributed by atoms with van der Waals surface area (Å²) in [6.07, 6.45) is 3.54. The number of nitrogens with one attached hydrogen (secondary N) is 2. The van der Waals surface area contributed by atoms with E-state index in [-0.39, 0.29) is 30.5 Å². The highest BCUT2D eigenvalue weighted by atomic mass is 35.5. The predicted molar refractivity (Wildman–Crippen MR) is 82.2 cm³/mol. The SMILES string of the molecule is CO[C@H]1CNC[C@@H]1NC(=O)c1ccc(Cn2cccn2)o1.Cl. The van der Waals surface area contributed by atoms with Gasteiger partial charge in [0.15, 0.2) is 5.76 Å². The highest BCUT2D eigenvalue weighted by Gasteiger charge is 2.29. The lowest BCUT2D eigenvalue weighted by molar-refractivity contribution is 0.0759. The Bertz CT molecular complexity index is 599. The van der Waals surface area contributed by atoms with Crippen LogP contribution in [0.2, 0.25) is 0 Å². The second-order valence-electron chi connectivity index (χ2n) is 4.98. The van der Waals surface area contributed by atoms with Crippen LogP contribution in [0.4, 0.5) is 0 Å². The summed E-state index contributed by atoms with van der Waals surface area (Å²) in [7, 11) is 1.64. The molecule has 3 heterocycles. The van der Waals surface area contributed by atoms with Crippen LogP contribution in [0.25, 0.3) is 0 Å². The molecule has 3 rings (SSSR count). The zero-order valence-corrected chi connectivity index (χ0v) is 13.0. The molecule has 0 spiro atoms. The number of aromatic nitrogens is 2. The van der Waals surface area contributed by atoms with Gasteiger partial charge in [0.2, 0.25) is 0 Å². The molecule has 1 aliphatic heterocycles. The van der Waals surface area contributed by atoms with E-state index >= 15 is 0 Å². The van der Waals surface area contributed by atoms with E-state index in [0.717, 1.165) is 6.54 Å². The van der Waals surface area contributed by atoms with Crippen LogP contribution in [0, 0.1) is 0 Å². The summed E-state index contributed by atoms with van der Waals surface area (Å²) in [5.74, 6) is 0.771. The number of nitrogens with zero attached hydrogens (tertiary/aromatic N) is 2. The Labute approximate surface area is 134 Å². The fraction of sp³-hybridized carbons (Fsp3) is 0.429. The molecule has 0 unspecified atom stereocenters. The monoisotopic (exact) mass is 326 g/mol. The van der Waals surface area contributed by atoms with Crippen LogP contribution in [0.15, 0.2) is 35.0 Å². The summed E-state index contributed by atoms with van der Waals surface area (Å²) in [6.45, 7) is 1.95. The number of furan rings is 1. The molecule has 1 aliphatic rings. The number of hydrogen-bond acceptors (Lipinski definition) is 5.